The Balaban J connectivity index is 2.13. The fraction of sp³-hybridized carbons (Fsp3) is 0.111. The van der Waals surface area contributed by atoms with E-state index in [1.54, 1.807) is 0 Å². The van der Waals surface area contributed by atoms with Gasteiger partial charge in [0, 0.05) is 17.6 Å². The molecule has 4 N–H and O–H groups in total. The molecule has 0 radical (unpaired) electrons. The van der Waals surface area contributed by atoms with Crippen LogP contribution in [0.2, 0.25) is 0 Å². The highest BCUT2D eigenvalue weighted by molar-refractivity contribution is 7.89. The van der Waals surface area contributed by atoms with Crippen LogP contribution in [0.15, 0.2) is 59.1 Å². The average molecular weight is 370 g/mol. The maximum absolute atomic E-state index is 12.2. The van der Waals surface area contributed by atoms with Crippen molar-refractivity contribution in [2.75, 3.05) is 10.6 Å². The first-order valence-electron chi connectivity index (χ1n) is 7.59. The van der Waals surface area contributed by atoms with Gasteiger partial charge >= 0.3 is 0 Å². The van der Waals surface area contributed by atoms with Gasteiger partial charge in [0.2, 0.25) is 10.0 Å². The van der Waals surface area contributed by atoms with Crippen molar-refractivity contribution in [1.29, 1.82) is 5.26 Å². The zero-order valence-corrected chi connectivity index (χ0v) is 15.1. The van der Waals surface area contributed by atoms with Crippen LogP contribution in [-0.2, 0) is 14.8 Å². The summed E-state index contributed by atoms with van der Waals surface area (Å²) in [5.41, 5.74) is 3.11. The number of carbonyl (C=O) groups is 1. The van der Waals surface area contributed by atoms with E-state index in [1.807, 2.05) is 38.1 Å². The fourth-order valence-corrected chi connectivity index (χ4v) is 2.65. The molecule has 2 aromatic carbocycles. The lowest BCUT2D eigenvalue weighted by Crippen LogP contribution is -2.15. The number of carbonyl (C=O) groups excluding carboxylic acids is 1. The Kier molecular flexibility index (Phi) is 5.77. The van der Waals surface area contributed by atoms with Crippen molar-refractivity contribution in [2.24, 2.45) is 5.14 Å². The minimum atomic E-state index is -3.80. The number of hydrogen-bond acceptors (Lipinski definition) is 5. The van der Waals surface area contributed by atoms with Crippen LogP contribution in [0.4, 0.5) is 11.4 Å². The van der Waals surface area contributed by atoms with E-state index in [0.717, 1.165) is 16.8 Å². The number of nitriles is 1. The van der Waals surface area contributed by atoms with E-state index in [9.17, 15) is 18.5 Å². The third kappa shape index (κ3) is 4.69. The molecular formula is C18H18N4O3S. The average Bonchev–Trinajstić information content (AvgIpc) is 2.58. The zero-order valence-electron chi connectivity index (χ0n) is 14.3. The fourth-order valence-electron chi connectivity index (χ4n) is 2.13. The number of anilines is 2. The maximum Gasteiger partial charge on any atom is 0.267 e. The molecular weight excluding hydrogens is 352 g/mol. The summed E-state index contributed by atoms with van der Waals surface area (Å²) in [4.78, 5) is 12.1. The molecule has 0 spiro atoms. The maximum atomic E-state index is 12.2. The largest absolute Gasteiger partial charge is 0.360 e. The van der Waals surface area contributed by atoms with Crippen molar-refractivity contribution < 1.29 is 13.2 Å². The number of aryl methyl sites for hydroxylation is 1. The number of benzene rings is 2. The van der Waals surface area contributed by atoms with Crippen LogP contribution < -0.4 is 15.8 Å². The van der Waals surface area contributed by atoms with Gasteiger partial charge in [0.05, 0.1) is 4.90 Å². The SMILES string of the molecule is Cc1cccc(N/C=C(/C#N)C(=O)Nc2ccc(S(N)(=O)=O)cc2)c1C. The van der Waals surface area contributed by atoms with Crippen molar-refractivity contribution in [3.8, 4) is 6.07 Å². The van der Waals surface area contributed by atoms with E-state index < -0.39 is 15.9 Å². The molecule has 0 heterocycles. The van der Waals surface area contributed by atoms with Gasteiger partial charge in [-0.3, -0.25) is 4.79 Å². The van der Waals surface area contributed by atoms with Gasteiger partial charge in [0.15, 0.2) is 0 Å². The lowest BCUT2D eigenvalue weighted by Gasteiger charge is -2.09. The third-order valence-electron chi connectivity index (χ3n) is 3.78. The Hall–Kier alpha value is -3.15. The summed E-state index contributed by atoms with van der Waals surface area (Å²) in [6.07, 6.45) is 1.33. The number of primary sulfonamides is 1. The Morgan fingerprint density at radius 1 is 1.15 bits per heavy atom. The number of rotatable bonds is 5. The van der Waals surface area contributed by atoms with Crippen molar-refractivity contribution in [3.63, 3.8) is 0 Å². The molecule has 1 amide bonds. The molecule has 0 aliphatic rings. The lowest BCUT2D eigenvalue weighted by atomic mass is 10.1. The second-order valence-corrected chi connectivity index (χ2v) is 7.15. The van der Waals surface area contributed by atoms with Crippen LogP contribution in [0, 0.1) is 25.2 Å². The molecule has 0 saturated carbocycles. The molecule has 0 aromatic heterocycles. The number of sulfonamides is 1. The van der Waals surface area contributed by atoms with Crippen LogP contribution in [0.1, 0.15) is 11.1 Å². The molecule has 0 aliphatic heterocycles. The van der Waals surface area contributed by atoms with Gasteiger partial charge in [-0.2, -0.15) is 5.26 Å². The first-order chi connectivity index (χ1) is 12.2. The van der Waals surface area contributed by atoms with Crippen LogP contribution in [0.25, 0.3) is 0 Å². The molecule has 2 aromatic rings. The molecule has 26 heavy (non-hydrogen) atoms. The van der Waals surface area contributed by atoms with E-state index >= 15 is 0 Å². The van der Waals surface area contributed by atoms with Gasteiger partial charge in [-0.1, -0.05) is 12.1 Å². The standard InChI is InChI=1S/C18H18N4O3S/c1-12-4-3-5-17(13(12)2)21-11-14(10-19)18(23)22-15-6-8-16(9-7-15)26(20,24)25/h3-9,11,21H,1-2H3,(H,22,23)(H2,20,24,25)/b14-11-. The van der Waals surface area contributed by atoms with Crippen LogP contribution in [0.5, 0.6) is 0 Å². The second-order valence-electron chi connectivity index (χ2n) is 5.59. The van der Waals surface area contributed by atoms with Crippen molar-refractivity contribution in [2.45, 2.75) is 18.7 Å². The van der Waals surface area contributed by atoms with Gasteiger partial charge < -0.3 is 10.6 Å². The number of hydrogen-bond donors (Lipinski definition) is 3. The summed E-state index contributed by atoms with van der Waals surface area (Å²) in [6, 6.07) is 12.8. The normalized spacial score (nSPS) is 11.5. The summed E-state index contributed by atoms with van der Waals surface area (Å²) in [7, 11) is -3.80. The van der Waals surface area contributed by atoms with E-state index in [1.165, 1.54) is 30.5 Å². The van der Waals surface area contributed by atoms with Gasteiger partial charge in [0.25, 0.3) is 5.91 Å². The molecule has 2 rings (SSSR count). The van der Waals surface area contributed by atoms with Crippen LogP contribution in [0.3, 0.4) is 0 Å². The van der Waals surface area contributed by atoms with E-state index in [4.69, 9.17) is 5.14 Å². The van der Waals surface area contributed by atoms with E-state index in [2.05, 4.69) is 10.6 Å². The monoisotopic (exact) mass is 370 g/mol. The summed E-state index contributed by atoms with van der Waals surface area (Å²) >= 11 is 0. The van der Waals surface area contributed by atoms with Crippen LogP contribution >= 0.6 is 0 Å². The third-order valence-corrected chi connectivity index (χ3v) is 4.71. The van der Waals surface area contributed by atoms with Crippen molar-refractivity contribution in [3.05, 3.63) is 65.4 Å². The second kappa shape index (κ2) is 7.82. The number of amides is 1. The molecule has 7 nitrogen and oxygen atoms in total. The first kappa shape index (κ1) is 19.2. The molecule has 0 aliphatic carbocycles. The predicted molar refractivity (Wildman–Crippen MR) is 99.7 cm³/mol. The minimum absolute atomic E-state index is 0.0665. The Morgan fingerprint density at radius 3 is 2.38 bits per heavy atom. The molecule has 0 saturated heterocycles. The Labute approximate surface area is 152 Å². The molecule has 8 heteroatoms. The highest BCUT2D eigenvalue weighted by Crippen LogP contribution is 2.18. The molecule has 0 fully saturated rings. The number of nitrogens with zero attached hydrogens (tertiary/aromatic N) is 1. The molecule has 0 atom stereocenters. The Morgan fingerprint density at radius 2 is 1.81 bits per heavy atom. The van der Waals surface area contributed by atoms with Gasteiger partial charge in [-0.25, -0.2) is 13.6 Å². The van der Waals surface area contributed by atoms with Gasteiger partial charge in [0.1, 0.15) is 11.6 Å². The minimum Gasteiger partial charge on any atom is -0.360 e. The summed E-state index contributed by atoms with van der Waals surface area (Å²) < 4.78 is 22.4. The topological polar surface area (TPSA) is 125 Å². The molecule has 134 valence electrons. The zero-order chi connectivity index (χ0) is 19.3. The summed E-state index contributed by atoms with van der Waals surface area (Å²) in [5.74, 6) is -0.617. The Bertz CT molecular complexity index is 1000. The van der Waals surface area contributed by atoms with E-state index in [-0.39, 0.29) is 10.5 Å². The number of nitrogens with one attached hydrogen (secondary N) is 2. The van der Waals surface area contributed by atoms with Crippen LogP contribution in [-0.4, -0.2) is 14.3 Å². The summed E-state index contributed by atoms with van der Waals surface area (Å²) in [5, 5.41) is 19.7. The molecule has 0 bridgehead atoms. The number of nitrogens with two attached hydrogens (primary N) is 1. The lowest BCUT2D eigenvalue weighted by molar-refractivity contribution is -0.112. The highest BCUT2D eigenvalue weighted by Gasteiger charge is 2.11. The summed E-state index contributed by atoms with van der Waals surface area (Å²) in [6.45, 7) is 3.90. The first-order valence-corrected chi connectivity index (χ1v) is 9.14. The van der Waals surface area contributed by atoms with Gasteiger partial charge in [-0.15, -0.1) is 0 Å². The quantitative estimate of drug-likeness (QED) is 0.550. The molecule has 0 unspecified atom stereocenters. The predicted octanol–water partition coefficient (Wildman–Crippen LogP) is 2.41. The van der Waals surface area contributed by atoms with Gasteiger partial charge in [-0.05, 0) is 55.3 Å². The highest BCUT2D eigenvalue weighted by atomic mass is 32.2. The van der Waals surface area contributed by atoms with Crippen molar-refractivity contribution in [1.82, 2.24) is 0 Å². The van der Waals surface area contributed by atoms with Crippen molar-refractivity contribution >= 4 is 27.3 Å². The van der Waals surface area contributed by atoms with E-state index in [0.29, 0.717) is 5.69 Å². The smallest absolute Gasteiger partial charge is 0.267 e.